The Morgan fingerprint density at radius 1 is 1.09 bits per heavy atom. The second kappa shape index (κ2) is 9.47. The van der Waals surface area contributed by atoms with Crippen LogP contribution in [-0.4, -0.2) is 46.8 Å². The number of amides is 3. The summed E-state index contributed by atoms with van der Waals surface area (Å²) in [6, 6.07) is 12.1. The van der Waals surface area contributed by atoms with E-state index in [2.05, 4.69) is 10.6 Å². The van der Waals surface area contributed by atoms with Gasteiger partial charge in [0.25, 0.3) is 5.91 Å². The van der Waals surface area contributed by atoms with Crippen molar-refractivity contribution in [1.29, 1.82) is 0 Å². The molecule has 3 amide bonds. The molecule has 2 aromatic rings. The Morgan fingerprint density at radius 3 is 2.44 bits per heavy atom. The van der Waals surface area contributed by atoms with Crippen molar-refractivity contribution in [2.24, 2.45) is 0 Å². The van der Waals surface area contributed by atoms with Crippen LogP contribution in [0.15, 0.2) is 60.3 Å². The molecular weight excluding hydrogens is 410 g/mol. The first-order valence-electron chi connectivity index (χ1n) is 10.1. The van der Waals surface area contributed by atoms with Crippen molar-refractivity contribution in [2.75, 3.05) is 7.05 Å². The summed E-state index contributed by atoms with van der Waals surface area (Å²) in [7, 11) is 1.50. The van der Waals surface area contributed by atoms with Crippen molar-refractivity contribution >= 4 is 23.7 Å². The Morgan fingerprint density at radius 2 is 1.78 bits per heavy atom. The molecule has 3 rings (SSSR count). The maximum atomic E-state index is 12.6. The molecule has 1 heterocycles. The largest absolute Gasteiger partial charge is 0.481 e. The number of rotatable bonds is 6. The quantitative estimate of drug-likeness (QED) is 0.604. The molecular formula is C24H25N3O5. The molecule has 0 aliphatic carbocycles. The van der Waals surface area contributed by atoms with Gasteiger partial charge in [-0.2, -0.15) is 0 Å². The zero-order valence-electron chi connectivity index (χ0n) is 18.1. The molecule has 0 aromatic heterocycles. The third-order valence-electron chi connectivity index (χ3n) is 5.34. The standard InChI is InChI=1S/C24H25N3O5/c1-14-9-10-17(11-18(14)16-7-5-4-6-8-16)19(12-20(28)29)25-24(32)26-21-22(30)15(2)13-27(3)23(21)31/h4-11,13,19,21H,12H2,1-3H3,(H,28,29)(H2,25,26,32). The normalized spacial score (nSPS) is 16.9. The number of nitrogens with one attached hydrogen (secondary N) is 2. The molecule has 0 radical (unpaired) electrons. The van der Waals surface area contributed by atoms with E-state index in [1.54, 1.807) is 13.0 Å². The number of carbonyl (C=O) groups excluding carboxylic acids is 3. The zero-order chi connectivity index (χ0) is 23.4. The monoisotopic (exact) mass is 435 g/mol. The highest BCUT2D eigenvalue weighted by Gasteiger charge is 2.35. The van der Waals surface area contributed by atoms with Crippen LogP contribution < -0.4 is 10.6 Å². The Bertz CT molecular complexity index is 1090. The molecule has 2 aromatic carbocycles. The fourth-order valence-corrected chi connectivity index (χ4v) is 3.63. The highest BCUT2D eigenvalue weighted by atomic mass is 16.4. The van der Waals surface area contributed by atoms with E-state index in [0.29, 0.717) is 11.1 Å². The Hall–Kier alpha value is -3.94. The minimum absolute atomic E-state index is 0.338. The second-order valence-corrected chi connectivity index (χ2v) is 7.77. The van der Waals surface area contributed by atoms with Crippen molar-refractivity contribution < 1.29 is 24.3 Å². The fourth-order valence-electron chi connectivity index (χ4n) is 3.63. The van der Waals surface area contributed by atoms with Gasteiger partial charge in [-0.05, 0) is 42.2 Å². The molecule has 2 atom stereocenters. The van der Waals surface area contributed by atoms with Crippen LogP contribution >= 0.6 is 0 Å². The van der Waals surface area contributed by atoms with Gasteiger partial charge in [-0.15, -0.1) is 0 Å². The van der Waals surface area contributed by atoms with Gasteiger partial charge in [-0.1, -0.05) is 42.5 Å². The molecule has 3 N–H and O–H groups in total. The van der Waals surface area contributed by atoms with Gasteiger partial charge in [0.15, 0.2) is 11.8 Å². The summed E-state index contributed by atoms with van der Waals surface area (Å²) in [6.07, 6.45) is 1.04. The lowest BCUT2D eigenvalue weighted by Gasteiger charge is -2.27. The number of likely N-dealkylation sites (N-methyl/N-ethyl adjacent to an activating group) is 1. The molecule has 2 unspecified atom stereocenters. The number of urea groups is 1. The molecule has 166 valence electrons. The van der Waals surface area contributed by atoms with E-state index < -0.39 is 35.8 Å². The number of benzene rings is 2. The zero-order valence-corrected chi connectivity index (χ0v) is 18.1. The topological polar surface area (TPSA) is 116 Å². The van der Waals surface area contributed by atoms with Crippen LogP contribution in [0, 0.1) is 6.92 Å². The third-order valence-corrected chi connectivity index (χ3v) is 5.34. The minimum atomic E-state index is -1.35. The highest BCUT2D eigenvalue weighted by molar-refractivity contribution is 6.16. The summed E-state index contributed by atoms with van der Waals surface area (Å²) >= 11 is 0. The molecule has 0 spiro atoms. The van der Waals surface area contributed by atoms with Gasteiger partial charge in [0, 0.05) is 18.8 Å². The number of carbonyl (C=O) groups is 4. The maximum Gasteiger partial charge on any atom is 0.316 e. The average molecular weight is 435 g/mol. The number of nitrogens with zero attached hydrogens (tertiary/aromatic N) is 1. The van der Waals surface area contributed by atoms with Crippen molar-refractivity contribution in [2.45, 2.75) is 32.4 Å². The highest BCUT2D eigenvalue weighted by Crippen LogP contribution is 2.28. The average Bonchev–Trinajstić information content (AvgIpc) is 2.75. The van der Waals surface area contributed by atoms with Crippen LogP contribution in [0.4, 0.5) is 4.79 Å². The first-order valence-corrected chi connectivity index (χ1v) is 10.1. The maximum absolute atomic E-state index is 12.6. The molecule has 0 saturated heterocycles. The first kappa shape index (κ1) is 22.7. The van der Waals surface area contributed by atoms with E-state index in [1.165, 1.54) is 18.1 Å². The number of Topliss-reactive ketones (excluding diaryl/α,β-unsaturated/α-hetero) is 1. The molecule has 0 fully saturated rings. The van der Waals surface area contributed by atoms with Gasteiger partial charge in [-0.25, -0.2) is 4.79 Å². The summed E-state index contributed by atoms with van der Waals surface area (Å²) in [5.74, 6) is -2.16. The van der Waals surface area contributed by atoms with E-state index in [1.807, 2.05) is 49.4 Å². The molecule has 1 aliphatic rings. The number of carboxylic acids is 1. The van der Waals surface area contributed by atoms with Gasteiger partial charge in [0.1, 0.15) is 0 Å². The Labute approximate surface area is 185 Å². The number of carboxylic acid groups (broad SMARTS) is 1. The van der Waals surface area contributed by atoms with Gasteiger partial charge >= 0.3 is 12.0 Å². The fraction of sp³-hybridized carbons (Fsp3) is 0.250. The molecule has 8 heteroatoms. The van der Waals surface area contributed by atoms with Gasteiger partial charge < -0.3 is 20.6 Å². The number of hydrogen-bond donors (Lipinski definition) is 3. The van der Waals surface area contributed by atoms with Gasteiger partial charge in [0.2, 0.25) is 0 Å². The number of ketones is 1. The molecule has 0 bridgehead atoms. The lowest BCUT2D eigenvalue weighted by Crippen LogP contribution is -2.56. The molecule has 8 nitrogen and oxygen atoms in total. The predicted molar refractivity (Wildman–Crippen MR) is 119 cm³/mol. The molecule has 1 aliphatic heterocycles. The summed E-state index contributed by atoms with van der Waals surface area (Å²) < 4.78 is 0. The van der Waals surface area contributed by atoms with Gasteiger partial charge in [-0.3, -0.25) is 14.4 Å². The SMILES string of the molecule is CC1=CN(C)C(=O)C(NC(=O)NC(CC(=O)O)c2ccc(C)c(-c3ccccc3)c2)C1=O. The summed E-state index contributed by atoms with van der Waals surface area (Å²) in [5, 5.41) is 14.4. The number of aliphatic carboxylic acids is 1. The predicted octanol–water partition coefficient (Wildman–Crippen LogP) is 2.79. The van der Waals surface area contributed by atoms with E-state index in [0.717, 1.165) is 16.7 Å². The summed E-state index contributed by atoms with van der Waals surface area (Å²) in [5.41, 5.74) is 3.82. The van der Waals surface area contributed by atoms with E-state index >= 15 is 0 Å². The summed E-state index contributed by atoms with van der Waals surface area (Å²) in [6.45, 7) is 3.51. The summed E-state index contributed by atoms with van der Waals surface area (Å²) in [4.78, 5) is 50.0. The van der Waals surface area contributed by atoms with Crippen LogP contribution in [0.5, 0.6) is 0 Å². The second-order valence-electron chi connectivity index (χ2n) is 7.77. The van der Waals surface area contributed by atoms with E-state index in [4.69, 9.17) is 0 Å². The van der Waals surface area contributed by atoms with Crippen LogP contribution in [0.1, 0.15) is 30.5 Å². The third kappa shape index (κ3) is 5.03. The van der Waals surface area contributed by atoms with Gasteiger partial charge in [0.05, 0.1) is 12.5 Å². The van der Waals surface area contributed by atoms with Crippen LogP contribution in [0.2, 0.25) is 0 Å². The van der Waals surface area contributed by atoms with Crippen LogP contribution in [-0.2, 0) is 14.4 Å². The first-order chi connectivity index (χ1) is 15.2. The Balaban J connectivity index is 1.84. The van der Waals surface area contributed by atoms with Crippen molar-refractivity contribution in [3.63, 3.8) is 0 Å². The molecule has 0 saturated carbocycles. The van der Waals surface area contributed by atoms with Crippen LogP contribution in [0.25, 0.3) is 11.1 Å². The number of hydrogen-bond acceptors (Lipinski definition) is 4. The lowest BCUT2D eigenvalue weighted by molar-refractivity contribution is -0.138. The van der Waals surface area contributed by atoms with Crippen LogP contribution in [0.3, 0.4) is 0 Å². The number of aryl methyl sites for hydroxylation is 1. The van der Waals surface area contributed by atoms with E-state index in [9.17, 15) is 24.3 Å². The molecule has 32 heavy (non-hydrogen) atoms. The minimum Gasteiger partial charge on any atom is -0.481 e. The van der Waals surface area contributed by atoms with Crippen molar-refractivity contribution in [3.8, 4) is 11.1 Å². The smallest absolute Gasteiger partial charge is 0.316 e. The Kier molecular flexibility index (Phi) is 6.73. The van der Waals surface area contributed by atoms with E-state index in [-0.39, 0.29) is 6.42 Å². The van der Waals surface area contributed by atoms with Crippen molar-refractivity contribution in [3.05, 3.63) is 71.4 Å². The lowest BCUT2D eigenvalue weighted by atomic mass is 9.94. The van der Waals surface area contributed by atoms with Crippen molar-refractivity contribution in [1.82, 2.24) is 15.5 Å².